The van der Waals surface area contributed by atoms with Crippen LogP contribution < -0.4 is 9.47 Å². The first kappa shape index (κ1) is 26.0. The van der Waals surface area contributed by atoms with E-state index in [4.69, 9.17) is 19.7 Å². The lowest BCUT2D eigenvalue weighted by molar-refractivity contribution is 0.273. The summed E-state index contributed by atoms with van der Waals surface area (Å²) in [6.45, 7) is 6.16. The Morgan fingerprint density at radius 1 is 0.594 bits per heavy atom. The highest BCUT2D eigenvalue weighted by Gasteiger charge is 2.02. The number of aryl methyl sites for hydroxylation is 2. The number of hydrogen-bond donors (Lipinski definition) is 2. The molecule has 4 heteroatoms. The minimum atomic E-state index is 0.277. The second kappa shape index (κ2) is 15.5. The van der Waals surface area contributed by atoms with Crippen LogP contribution in [0.3, 0.4) is 0 Å². The highest BCUT2D eigenvalue weighted by atomic mass is 16.5. The molecular weight excluding hydrogens is 400 g/mol. The lowest BCUT2D eigenvalue weighted by atomic mass is 10.1. The predicted molar refractivity (Wildman–Crippen MR) is 133 cm³/mol. The van der Waals surface area contributed by atoms with Crippen molar-refractivity contribution in [1.82, 2.24) is 0 Å². The third kappa shape index (κ3) is 9.88. The van der Waals surface area contributed by atoms with Gasteiger partial charge in [-0.05, 0) is 98.9 Å². The van der Waals surface area contributed by atoms with Crippen LogP contribution in [-0.4, -0.2) is 36.6 Å². The first-order chi connectivity index (χ1) is 15.6. The van der Waals surface area contributed by atoms with Gasteiger partial charge in [0.15, 0.2) is 0 Å². The first-order valence-corrected chi connectivity index (χ1v) is 12.0. The van der Waals surface area contributed by atoms with Gasteiger partial charge in [-0.1, -0.05) is 37.1 Å². The maximum absolute atomic E-state index is 8.82. The maximum atomic E-state index is 8.82. The molecule has 0 amide bonds. The molecule has 2 aromatic rings. The minimum absolute atomic E-state index is 0.277. The van der Waals surface area contributed by atoms with Crippen LogP contribution in [-0.2, 0) is 0 Å². The summed E-state index contributed by atoms with van der Waals surface area (Å²) in [5, 5.41) is 17.6. The smallest absolute Gasteiger partial charge is 0.122 e. The Kier molecular flexibility index (Phi) is 12.6. The fourth-order valence-electron chi connectivity index (χ4n) is 3.57. The summed E-state index contributed by atoms with van der Waals surface area (Å²) in [6, 6.07) is 12.6. The molecule has 0 spiro atoms. The van der Waals surface area contributed by atoms with Crippen molar-refractivity contribution in [2.75, 3.05) is 26.4 Å². The molecule has 4 nitrogen and oxygen atoms in total. The van der Waals surface area contributed by atoms with E-state index in [9.17, 15) is 0 Å². The minimum Gasteiger partial charge on any atom is -0.493 e. The Morgan fingerprint density at radius 3 is 1.38 bits per heavy atom. The molecule has 0 fully saturated rings. The molecule has 0 unspecified atom stereocenters. The summed E-state index contributed by atoms with van der Waals surface area (Å²) < 4.78 is 11.8. The van der Waals surface area contributed by atoms with E-state index in [-0.39, 0.29) is 13.2 Å². The van der Waals surface area contributed by atoms with Crippen molar-refractivity contribution >= 4 is 12.2 Å². The Hall–Kier alpha value is -2.30. The average molecular weight is 441 g/mol. The average Bonchev–Trinajstić information content (AvgIpc) is 2.79. The molecule has 0 saturated heterocycles. The lowest BCUT2D eigenvalue weighted by Gasteiger charge is -2.10. The third-order valence-corrected chi connectivity index (χ3v) is 5.49. The topological polar surface area (TPSA) is 58.9 Å². The van der Waals surface area contributed by atoms with Crippen LogP contribution in [0.2, 0.25) is 0 Å². The van der Waals surface area contributed by atoms with Crippen LogP contribution in [0.5, 0.6) is 11.5 Å². The van der Waals surface area contributed by atoms with Crippen LogP contribution in [0.4, 0.5) is 0 Å². The van der Waals surface area contributed by atoms with Crippen LogP contribution in [0.1, 0.15) is 73.6 Å². The number of rotatable bonds is 16. The molecular formula is C28H40O4. The monoisotopic (exact) mass is 440 g/mol. The number of ether oxygens (including phenoxy) is 2. The van der Waals surface area contributed by atoms with Gasteiger partial charge in [-0.15, -0.1) is 0 Å². The molecule has 2 aromatic carbocycles. The fourth-order valence-corrected chi connectivity index (χ4v) is 3.57. The molecule has 2 N–H and O–H groups in total. The third-order valence-electron chi connectivity index (χ3n) is 5.49. The Balaban J connectivity index is 1.81. The van der Waals surface area contributed by atoms with Gasteiger partial charge >= 0.3 is 0 Å². The quantitative estimate of drug-likeness (QED) is 0.236. The van der Waals surface area contributed by atoms with Gasteiger partial charge in [0, 0.05) is 13.2 Å². The summed E-state index contributed by atoms with van der Waals surface area (Å²) >= 11 is 0. The standard InChI is InChI=1S/C28H40O4/c1-23-21-25(13-15-27(23)31-19-9-5-3-7-17-29)11-12-26-14-16-28(24(2)22-26)32-20-10-6-4-8-18-30/h11-16,21-22,29-30H,3-10,17-20H2,1-2H3/b12-11+. The van der Waals surface area contributed by atoms with Gasteiger partial charge in [0.1, 0.15) is 11.5 Å². The van der Waals surface area contributed by atoms with Crippen molar-refractivity contribution in [3.05, 3.63) is 58.7 Å². The van der Waals surface area contributed by atoms with E-state index in [0.717, 1.165) is 98.3 Å². The highest BCUT2D eigenvalue weighted by molar-refractivity contribution is 5.71. The SMILES string of the molecule is Cc1cc(/C=C/c2ccc(OCCCCCCO)c(C)c2)ccc1OCCCCCCO. The Bertz CT molecular complexity index is 746. The highest BCUT2D eigenvalue weighted by Crippen LogP contribution is 2.23. The molecule has 0 aliphatic carbocycles. The van der Waals surface area contributed by atoms with E-state index in [1.807, 2.05) is 12.1 Å². The molecule has 32 heavy (non-hydrogen) atoms. The van der Waals surface area contributed by atoms with Crippen molar-refractivity contribution in [1.29, 1.82) is 0 Å². The summed E-state index contributed by atoms with van der Waals surface area (Å²) in [6.07, 6.45) is 12.3. The number of aliphatic hydroxyl groups excluding tert-OH is 2. The van der Waals surface area contributed by atoms with Crippen molar-refractivity contribution in [2.24, 2.45) is 0 Å². The second-order valence-corrected chi connectivity index (χ2v) is 8.36. The van der Waals surface area contributed by atoms with E-state index < -0.39 is 0 Å². The fraction of sp³-hybridized carbons (Fsp3) is 0.500. The van der Waals surface area contributed by atoms with Crippen molar-refractivity contribution in [3.8, 4) is 11.5 Å². The second-order valence-electron chi connectivity index (χ2n) is 8.36. The van der Waals surface area contributed by atoms with Gasteiger partial charge in [0.25, 0.3) is 0 Å². The summed E-state index contributed by atoms with van der Waals surface area (Å²) in [7, 11) is 0. The summed E-state index contributed by atoms with van der Waals surface area (Å²) in [5.41, 5.74) is 4.58. The Morgan fingerprint density at radius 2 is 1.00 bits per heavy atom. The molecule has 0 heterocycles. The number of benzene rings is 2. The van der Waals surface area contributed by atoms with Crippen molar-refractivity contribution in [3.63, 3.8) is 0 Å². The van der Waals surface area contributed by atoms with Gasteiger partial charge in [-0.3, -0.25) is 0 Å². The zero-order chi connectivity index (χ0) is 23.0. The molecule has 0 radical (unpaired) electrons. The van der Waals surface area contributed by atoms with Crippen LogP contribution in [0, 0.1) is 13.8 Å². The zero-order valence-electron chi connectivity index (χ0n) is 19.8. The number of hydrogen-bond acceptors (Lipinski definition) is 4. The van der Waals surface area contributed by atoms with Gasteiger partial charge < -0.3 is 19.7 Å². The normalized spacial score (nSPS) is 11.2. The summed E-state index contributed by atoms with van der Waals surface area (Å²) in [5.74, 6) is 1.89. The van der Waals surface area contributed by atoms with E-state index in [1.54, 1.807) is 0 Å². The maximum Gasteiger partial charge on any atom is 0.122 e. The van der Waals surface area contributed by atoms with Crippen molar-refractivity contribution < 1.29 is 19.7 Å². The molecule has 2 rings (SSSR count). The molecule has 0 bridgehead atoms. The van der Waals surface area contributed by atoms with E-state index in [2.05, 4.69) is 50.3 Å². The van der Waals surface area contributed by atoms with Crippen LogP contribution in [0.25, 0.3) is 12.2 Å². The number of aliphatic hydroxyl groups is 2. The molecule has 0 aliphatic rings. The van der Waals surface area contributed by atoms with E-state index in [0.29, 0.717) is 0 Å². The number of unbranched alkanes of at least 4 members (excludes halogenated alkanes) is 6. The van der Waals surface area contributed by atoms with Gasteiger partial charge in [-0.25, -0.2) is 0 Å². The van der Waals surface area contributed by atoms with E-state index >= 15 is 0 Å². The van der Waals surface area contributed by atoms with Crippen LogP contribution >= 0.6 is 0 Å². The molecule has 176 valence electrons. The Labute approximate surface area is 193 Å². The molecule has 0 aromatic heterocycles. The predicted octanol–water partition coefficient (Wildman–Crippen LogP) is 6.34. The zero-order valence-corrected chi connectivity index (χ0v) is 19.8. The lowest BCUT2D eigenvalue weighted by Crippen LogP contribution is -1.99. The largest absolute Gasteiger partial charge is 0.493 e. The molecule has 0 aliphatic heterocycles. The molecule has 0 atom stereocenters. The van der Waals surface area contributed by atoms with Crippen molar-refractivity contribution in [2.45, 2.75) is 65.2 Å². The molecule has 0 saturated carbocycles. The van der Waals surface area contributed by atoms with Gasteiger partial charge in [0.05, 0.1) is 13.2 Å². The van der Waals surface area contributed by atoms with E-state index in [1.165, 1.54) is 0 Å². The van der Waals surface area contributed by atoms with Gasteiger partial charge in [0.2, 0.25) is 0 Å². The van der Waals surface area contributed by atoms with Crippen LogP contribution in [0.15, 0.2) is 36.4 Å². The first-order valence-electron chi connectivity index (χ1n) is 12.0. The summed E-state index contributed by atoms with van der Waals surface area (Å²) in [4.78, 5) is 0. The van der Waals surface area contributed by atoms with Gasteiger partial charge in [-0.2, -0.15) is 0 Å².